The van der Waals surface area contributed by atoms with E-state index in [4.69, 9.17) is 12.2 Å². The van der Waals surface area contributed by atoms with E-state index in [9.17, 15) is 9.59 Å². The van der Waals surface area contributed by atoms with Crippen LogP contribution in [-0.2, 0) is 9.59 Å². The minimum Gasteiger partial charge on any atom is -0.369 e. The Labute approximate surface area is 116 Å². The summed E-state index contributed by atoms with van der Waals surface area (Å²) in [5.41, 5.74) is 5.75. The summed E-state index contributed by atoms with van der Waals surface area (Å²) < 4.78 is 0. The Kier molecular flexibility index (Phi) is 6.50. The molecule has 0 spiro atoms. The standard InChI is InChI=1S/C13H15N3O2S/c1-2-7-15-8-13(18)16-10-5-3-4-6-11(10)19-9-12(14)17/h1,3-6,15H,7-9H2,(H2,14,17)(H,16,18). The molecular formula is C13H15N3O2S. The molecule has 0 aliphatic carbocycles. The number of anilines is 1. The molecule has 0 aliphatic heterocycles. The highest BCUT2D eigenvalue weighted by molar-refractivity contribution is 8.00. The lowest BCUT2D eigenvalue weighted by Gasteiger charge is -2.10. The maximum absolute atomic E-state index is 11.6. The van der Waals surface area contributed by atoms with Crippen molar-refractivity contribution in [2.75, 3.05) is 24.2 Å². The number of thioether (sulfide) groups is 1. The third-order valence-electron chi connectivity index (χ3n) is 2.04. The van der Waals surface area contributed by atoms with E-state index >= 15 is 0 Å². The highest BCUT2D eigenvalue weighted by atomic mass is 32.2. The molecular weight excluding hydrogens is 262 g/mol. The Morgan fingerprint density at radius 3 is 2.79 bits per heavy atom. The van der Waals surface area contributed by atoms with Gasteiger partial charge in [0, 0.05) is 4.90 Å². The maximum atomic E-state index is 11.6. The molecule has 4 N–H and O–H groups in total. The number of carbonyl (C=O) groups excluding carboxylic acids is 2. The predicted molar refractivity (Wildman–Crippen MR) is 76.7 cm³/mol. The molecule has 5 nitrogen and oxygen atoms in total. The van der Waals surface area contributed by atoms with Gasteiger partial charge in [-0.05, 0) is 12.1 Å². The number of amides is 2. The van der Waals surface area contributed by atoms with Gasteiger partial charge in [-0.15, -0.1) is 18.2 Å². The van der Waals surface area contributed by atoms with Crippen LogP contribution >= 0.6 is 11.8 Å². The van der Waals surface area contributed by atoms with Crippen LogP contribution in [0.5, 0.6) is 0 Å². The third-order valence-corrected chi connectivity index (χ3v) is 3.14. The first kappa shape index (κ1) is 15.1. The predicted octanol–water partition coefficient (Wildman–Crippen LogP) is 0.425. The Bertz CT molecular complexity index is 497. The molecule has 0 bridgehead atoms. The molecule has 0 saturated heterocycles. The van der Waals surface area contributed by atoms with Gasteiger partial charge in [0.25, 0.3) is 0 Å². The number of terminal acetylenes is 1. The largest absolute Gasteiger partial charge is 0.369 e. The summed E-state index contributed by atoms with van der Waals surface area (Å²) >= 11 is 1.28. The fraction of sp³-hybridized carbons (Fsp3) is 0.231. The van der Waals surface area contributed by atoms with Gasteiger partial charge in [0.2, 0.25) is 11.8 Å². The molecule has 0 unspecified atom stereocenters. The van der Waals surface area contributed by atoms with Crippen LogP contribution in [0.25, 0.3) is 0 Å². The van der Waals surface area contributed by atoms with Gasteiger partial charge in [0.05, 0.1) is 24.5 Å². The van der Waals surface area contributed by atoms with Gasteiger partial charge in [-0.25, -0.2) is 0 Å². The van der Waals surface area contributed by atoms with Crippen molar-refractivity contribution in [3.63, 3.8) is 0 Å². The van der Waals surface area contributed by atoms with Crippen LogP contribution in [0.15, 0.2) is 29.2 Å². The monoisotopic (exact) mass is 277 g/mol. The molecule has 100 valence electrons. The van der Waals surface area contributed by atoms with Crippen LogP contribution in [0.4, 0.5) is 5.69 Å². The molecule has 2 amide bonds. The van der Waals surface area contributed by atoms with E-state index in [1.165, 1.54) is 11.8 Å². The van der Waals surface area contributed by atoms with Gasteiger partial charge in [-0.1, -0.05) is 18.1 Å². The minimum atomic E-state index is -0.401. The van der Waals surface area contributed by atoms with Crippen molar-refractivity contribution in [1.82, 2.24) is 5.32 Å². The van der Waals surface area contributed by atoms with Gasteiger partial charge < -0.3 is 11.1 Å². The second-order valence-corrected chi connectivity index (χ2v) is 4.62. The highest BCUT2D eigenvalue weighted by Crippen LogP contribution is 2.26. The normalized spacial score (nSPS) is 9.63. The molecule has 1 aromatic carbocycles. The number of rotatable bonds is 7. The average molecular weight is 277 g/mol. The molecule has 0 atom stereocenters. The zero-order valence-electron chi connectivity index (χ0n) is 10.3. The molecule has 1 rings (SSSR count). The van der Waals surface area contributed by atoms with Crippen molar-refractivity contribution in [2.45, 2.75) is 4.90 Å². The van der Waals surface area contributed by atoms with Crippen LogP contribution < -0.4 is 16.4 Å². The number of nitrogens with two attached hydrogens (primary N) is 1. The van der Waals surface area contributed by atoms with E-state index in [1.54, 1.807) is 12.1 Å². The molecule has 0 radical (unpaired) electrons. The molecule has 0 saturated carbocycles. The van der Waals surface area contributed by atoms with Crippen molar-refractivity contribution in [2.24, 2.45) is 5.73 Å². The van der Waals surface area contributed by atoms with Gasteiger partial charge in [0.15, 0.2) is 0 Å². The smallest absolute Gasteiger partial charge is 0.238 e. The number of carbonyl (C=O) groups is 2. The van der Waals surface area contributed by atoms with Gasteiger partial charge in [-0.2, -0.15) is 0 Å². The maximum Gasteiger partial charge on any atom is 0.238 e. The summed E-state index contributed by atoms with van der Waals surface area (Å²) in [6.07, 6.45) is 5.07. The summed E-state index contributed by atoms with van der Waals surface area (Å²) in [6, 6.07) is 7.22. The Morgan fingerprint density at radius 2 is 2.11 bits per heavy atom. The van der Waals surface area contributed by atoms with Crippen LogP contribution in [0.3, 0.4) is 0 Å². The Balaban J connectivity index is 2.59. The SMILES string of the molecule is C#CCNCC(=O)Nc1ccccc1SCC(N)=O. The van der Waals surface area contributed by atoms with Gasteiger partial charge >= 0.3 is 0 Å². The molecule has 0 heterocycles. The number of para-hydroxylation sites is 1. The van der Waals surface area contributed by atoms with E-state index in [1.807, 2.05) is 12.1 Å². The van der Waals surface area contributed by atoms with E-state index in [2.05, 4.69) is 16.6 Å². The molecule has 19 heavy (non-hydrogen) atoms. The van der Waals surface area contributed by atoms with Crippen molar-refractivity contribution < 1.29 is 9.59 Å². The minimum absolute atomic E-state index is 0.138. The van der Waals surface area contributed by atoms with Crippen LogP contribution in [0.1, 0.15) is 0 Å². The summed E-state index contributed by atoms with van der Waals surface area (Å²) in [7, 11) is 0. The summed E-state index contributed by atoms with van der Waals surface area (Å²) in [5.74, 6) is 1.96. The Morgan fingerprint density at radius 1 is 1.37 bits per heavy atom. The van der Waals surface area contributed by atoms with Gasteiger partial charge in [0.1, 0.15) is 0 Å². The third kappa shape index (κ3) is 5.95. The van der Waals surface area contributed by atoms with Crippen LogP contribution in [0.2, 0.25) is 0 Å². The summed E-state index contributed by atoms with van der Waals surface area (Å²) in [5, 5.41) is 5.55. The fourth-order valence-electron chi connectivity index (χ4n) is 1.29. The molecule has 6 heteroatoms. The van der Waals surface area contributed by atoms with E-state index in [0.717, 1.165) is 4.90 Å². The second kappa shape index (κ2) is 8.19. The topological polar surface area (TPSA) is 84.2 Å². The average Bonchev–Trinajstić information content (AvgIpc) is 2.38. The molecule has 0 aromatic heterocycles. The fourth-order valence-corrected chi connectivity index (χ4v) is 2.03. The number of primary amides is 1. The van der Waals surface area contributed by atoms with Crippen LogP contribution in [-0.4, -0.2) is 30.7 Å². The highest BCUT2D eigenvalue weighted by Gasteiger charge is 2.07. The van der Waals surface area contributed by atoms with Gasteiger partial charge in [-0.3, -0.25) is 14.9 Å². The molecule has 1 aromatic rings. The van der Waals surface area contributed by atoms with E-state index < -0.39 is 5.91 Å². The van der Waals surface area contributed by atoms with E-state index in [0.29, 0.717) is 12.2 Å². The first-order valence-corrected chi connectivity index (χ1v) is 6.56. The zero-order chi connectivity index (χ0) is 14.1. The lowest BCUT2D eigenvalue weighted by molar-refractivity contribution is -0.116. The summed E-state index contributed by atoms with van der Waals surface area (Å²) in [4.78, 5) is 23.2. The summed E-state index contributed by atoms with van der Waals surface area (Å²) in [6.45, 7) is 0.477. The first-order valence-electron chi connectivity index (χ1n) is 5.57. The van der Waals surface area contributed by atoms with Crippen molar-refractivity contribution in [1.29, 1.82) is 0 Å². The van der Waals surface area contributed by atoms with Crippen LogP contribution in [0, 0.1) is 12.3 Å². The zero-order valence-corrected chi connectivity index (χ0v) is 11.1. The second-order valence-electron chi connectivity index (χ2n) is 3.61. The molecule has 0 fully saturated rings. The molecule has 0 aliphatic rings. The van der Waals surface area contributed by atoms with E-state index in [-0.39, 0.29) is 18.2 Å². The van der Waals surface area contributed by atoms with Crippen molar-refractivity contribution in [3.8, 4) is 12.3 Å². The van der Waals surface area contributed by atoms with Crippen molar-refractivity contribution >= 4 is 29.3 Å². The quantitative estimate of drug-likeness (QED) is 0.383. The first-order chi connectivity index (χ1) is 9.13. The lowest BCUT2D eigenvalue weighted by Crippen LogP contribution is -2.28. The Hall–Kier alpha value is -1.97. The number of hydrogen-bond donors (Lipinski definition) is 3. The number of hydrogen-bond acceptors (Lipinski definition) is 4. The lowest BCUT2D eigenvalue weighted by atomic mass is 10.3. The van der Waals surface area contributed by atoms with Crippen molar-refractivity contribution in [3.05, 3.63) is 24.3 Å². The number of benzene rings is 1. The number of nitrogens with one attached hydrogen (secondary N) is 2.